The van der Waals surface area contributed by atoms with Crippen molar-refractivity contribution >= 4 is 23.2 Å². The monoisotopic (exact) mass is 171 g/mol. The largest absolute Gasteiger partial charge is 0.398 e. The van der Waals surface area contributed by atoms with E-state index in [9.17, 15) is 4.79 Å². The van der Waals surface area contributed by atoms with Crippen LogP contribution in [0.5, 0.6) is 0 Å². The second-order valence-electron chi connectivity index (χ2n) is 1.96. The van der Waals surface area contributed by atoms with Gasteiger partial charge < -0.3 is 11.5 Å². The number of halogens is 1. The number of carbonyl (C=O) groups excluding carboxylic acids is 1. The number of anilines is 1. The number of aromatic nitrogens is 1. The van der Waals surface area contributed by atoms with E-state index in [1.54, 1.807) is 0 Å². The van der Waals surface area contributed by atoms with Gasteiger partial charge in [-0.3, -0.25) is 4.79 Å². The predicted octanol–water partition coefficient (Wildman–Crippen LogP) is 0.416. The van der Waals surface area contributed by atoms with Gasteiger partial charge in [0.1, 0.15) is 5.15 Å². The average molecular weight is 172 g/mol. The van der Waals surface area contributed by atoms with Crippen LogP contribution in [0.4, 0.5) is 5.69 Å². The van der Waals surface area contributed by atoms with Gasteiger partial charge in [0.15, 0.2) is 0 Å². The number of hydrogen-bond acceptors (Lipinski definition) is 3. The highest BCUT2D eigenvalue weighted by atomic mass is 35.5. The van der Waals surface area contributed by atoms with Crippen LogP contribution in [0.25, 0.3) is 0 Å². The normalized spacial score (nSPS) is 9.55. The first-order valence-corrected chi connectivity index (χ1v) is 3.20. The zero-order chi connectivity index (χ0) is 8.43. The summed E-state index contributed by atoms with van der Waals surface area (Å²) in [6, 6.07) is 1.38. The summed E-state index contributed by atoms with van der Waals surface area (Å²) in [5.41, 5.74) is 10.8. The summed E-state index contributed by atoms with van der Waals surface area (Å²) in [5, 5.41) is 0.243. The van der Waals surface area contributed by atoms with Gasteiger partial charge in [-0.1, -0.05) is 11.6 Å². The lowest BCUT2D eigenvalue weighted by molar-refractivity contribution is 0.100. The van der Waals surface area contributed by atoms with E-state index < -0.39 is 5.91 Å². The molecule has 4 nitrogen and oxygen atoms in total. The van der Waals surface area contributed by atoms with Crippen LogP contribution >= 0.6 is 11.6 Å². The molecule has 0 unspecified atom stereocenters. The highest BCUT2D eigenvalue weighted by Crippen LogP contribution is 2.13. The van der Waals surface area contributed by atoms with Crippen LogP contribution in [0.2, 0.25) is 5.15 Å². The molecule has 4 N–H and O–H groups in total. The van der Waals surface area contributed by atoms with Gasteiger partial charge in [0.05, 0.1) is 5.56 Å². The minimum Gasteiger partial charge on any atom is -0.398 e. The summed E-state index contributed by atoms with van der Waals surface area (Å²) >= 11 is 5.48. The SMILES string of the molecule is NC(=O)c1cnc(Cl)cc1N. The van der Waals surface area contributed by atoms with E-state index in [4.69, 9.17) is 23.1 Å². The van der Waals surface area contributed by atoms with Crippen molar-refractivity contribution in [3.05, 3.63) is 23.0 Å². The maximum Gasteiger partial charge on any atom is 0.252 e. The number of nitrogens with two attached hydrogens (primary N) is 2. The molecule has 0 fully saturated rings. The second-order valence-corrected chi connectivity index (χ2v) is 2.35. The van der Waals surface area contributed by atoms with Crippen LogP contribution in [0.1, 0.15) is 10.4 Å². The molecule has 0 saturated carbocycles. The van der Waals surface area contributed by atoms with Crippen molar-refractivity contribution in [3.8, 4) is 0 Å². The minimum atomic E-state index is -0.605. The van der Waals surface area contributed by atoms with Gasteiger partial charge in [-0.25, -0.2) is 4.98 Å². The molecule has 1 rings (SSSR count). The van der Waals surface area contributed by atoms with Crippen molar-refractivity contribution in [2.24, 2.45) is 5.73 Å². The molecule has 1 aromatic heterocycles. The zero-order valence-electron chi connectivity index (χ0n) is 5.54. The third kappa shape index (κ3) is 1.59. The molecule has 0 aliphatic heterocycles. The number of rotatable bonds is 1. The summed E-state index contributed by atoms with van der Waals surface area (Å²) < 4.78 is 0. The number of pyridine rings is 1. The lowest BCUT2D eigenvalue weighted by Gasteiger charge is -1.99. The van der Waals surface area contributed by atoms with Gasteiger partial charge in [-0.15, -0.1) is 0 Å². The predicted molar refractivity (Wildman–Crippen MR) is 42.2 cm³/mol. The van der Waals surface area contributed by atoms with E-state index in [0.29, 0.717) is 0 Å². The molecule has 58 valence electrons. The molecule has 0 aliphatic carbocycles. The Kier molecular flexibility index (Phi) is 1.96. The molecule has 0 saturated heterocycles. The van der Waals surface area contributed by atoms with Gasteiger partial charge >= 0.3 is 0 Å². The van der Waals surface area contributed by atoms with Crippen molar-refractivity contribution in [1.29, 1.82) is 0 Å². The number of amides is 1. The zero-order valence-corrected chi connectivity index (χ0v) is 6.30. The third-order valence-electron chi connectivity index (χ3n) is 1.17. The number of nitrogens with zero attached hydrogens (tertiary/aromatic N) is 1. The number of primary amides is 1. The Balaban J connectivity index is 3.20. The molecule has 0 bridgehead atoms. The fraction of sp³-hybridized carbons (Fsp3) is 0. The summed E-state index contributed by atoms with van der Waals surface area (Å²) in [6.07, 6.45) is 1.25. The van der Waals surface area contributed by atoms with E-state index in [2.05, 4.69) is 4.98 Å². The van der Waals surface area contributed by atoms with Crippen LogP contribution < -0.4 is 11.5 Å². The van der Waals surface area contributed by atoms with Gasteiger partial charge in [0.25, 0.3) is 5.91 Å². The Morgan fingerprint density at radius 2 is 2.27 bits per heavy atom. The molecule has 5 heteroatoms. The summed E-state index contributed by atoms with van der Waals surface area (Å²) in [7, 11) is 0. The molecular weight excluding hydrogens is 166 g/mol. The molecule has 0 aliphatic rings. The van der Waals surface area contributed by atoms with E-state index >= 15 is 0 Å². The Bertz CT molecular complexity index is 300. The number of carbonyl (C=O) groups is 1. The molecule has 0 spiro atoms. The first-order valence-electron chi connectivity index (χ1n) is 2.82. The summed E-state index contributed by atoms with van der Waals surface area (Å²) in [4.78, 5) is 14.2. The van der Waals surface area contributed by atoms with Crippen LogP contribution in [-0.4, -0.2) is 10.9 Å². The Morgan fingerprint density at radius 1 is 1.64 bits per heavy atom. The minimum absolute atomic E-state index is 0.189. The van der Waals surface area contributed by atoms with Crippen LogP contribution in [-0.2, 0) is 0 Å². The average Bonchev–Trinajstić information content (AvgIpc) is 1.85. The van der Waals surface area contributed by atoms with Crippen molar-refractivity contribution in [3.63, 3.8) is 0 Å². The van der Waals surface area contributed by atoms with E-state index in [1.807, 2.05) is 0 Å². The van der Waals surface area contributed by atoms with Gasteiger partial charge in [-0.2, -0.15) is 0 Å². The molecular formula is C6H6ClN3O. The first kappa shape index (κ1) is 7.81. The number of hydrogen-bond donors (Lipinski definition) is 2. The van der Waals surface area contributed by atoms with Crippen LogP contribution in [0.15, 0.2) is 12.3 Å². The lowest BCUT2D eigenvalue weighted by Crippen LogP contribution is -2.13. The van der Waals surface area contributed by atoms with Crippen LogP contribution in [0, 0.1) is 0 Å². The molecule has 1 aromatic rings. The van der Waals surface area contributed by atoms with Crippen molar-refractivity contribution in [2.45, 2.75) is 0 Å². The Hall–Kier alpha value is -1.29. The molecule has 0 atom stereocenters. The molecule has 11 heavy (non-hydrogen) atoms. The first-order chi connectivity index (χ1) is 5.11. The topological polar surface area (TPSA) is 82.0 Å². The number of nitrogen functional groups attached to an aromatic ring is 1. The smallest absolute Gasteiger partial charge is 0.252 e. The van der Waals surface area contributed by atoms with Crippen molar-refractivity contribution < 1.29 is 4.79 Å². The standard InChI is InChI=1S/C6H6ClN3O/c7-5-1-4(8)3(2-10-5)6(9)11/h1-2H,(H2,8,10)(H2,9,11). The maximum atomic E-state index is 10.6. The van der Waals surface area contributed by atoms with E-state index in [0.717, 1.165) is 0 Å². The van der Waals surface area contributed by atoms with E-state index in [-0.39, 0.29) is 16.4 Å². The van der Waals surface area contributed by atoms with Gasteiger partial charge in [0, 0.05) is 11.9 Å². The maximum absolute atomic E-state index is 10.6. The van der Waals surface area contributed by atoms with Crippen molar-refractivity contribution in [1.82, 2.24) is 4.98 Å². The fourth-order valence-electron chi connectivity index (χ4n) is 0.650. The Labute approximate surface area is 68.2 Å². The lowest BCUT2D eigenvalue weighted by atomic mass is 10.2. The molecule has 0 aromatic carbocycles. The van der Waals surface area contributed by atoms with Gasteiger partial charge in [-0.05, 0) is 6.07 Å². The highest BCUT2D eigenvalue weighted by molar-refractivity contribution is 6.29. The second kappa shape index (κ2) is 2.75. The van der Waals surface area contributed by atoms with E-state index in [1.165, 1.54) is 12.3 Å². The van der Waals surface area contributed by atoms with Crippen molar-refractivity contribution in [2.75, 3.05) is 5.73 Å². The summed E-state index contributed by atoms with van der Waals surface area (Å²) in [6.45, 7) is 0. The summed E-state index contributed by atoms with van der Waals surface area (Å²) in [5.74, 6) is -0.605. The van der Waals surface area contributed by atoms with Crippen LogP contribution in [0.3, 0.4) is 0 Å². The highest BCUT2D eigenvalue weighted by Gasteiger charge is 2.05. The fourth-order valence-corrected chi connectivity index (χ4v) is 0.816. The third-order valence-corrected chi connectivity index (χ3v) is 1.37. The van der Waals surface area contributed by atoms with Gasteiger partial charge in [0.2, 0.25) is 0 Å². The molecule has 1 heterocycles. The molecule has 0 radical (unpaired) electrons. The Morgan fingerprint density at radius 3 is 2.73 bits per heavy atom. The quantitative estimate of drug-likeness (QED) is 0.601. The molecule has 1 amide bonds.